The number of aromatic nitrogens is 1. The van der Waals surface area contributed by atoms with Crippen LogP contribution in [0.15, 0.2) is 59.6 Å². The second-order valence-corrected chi connectivity index (χ2v) is 8.07. The van der Waals surface area contributed by atoms with Gasteiger partial charge in [-0.25, -0.2) is 8.42 Å². The van der Waals surface area contributed by atoms with Crippen molar-refractivity contribution < 1.29 is 13.3 Å². The van der Waals surface area contributed by atoms with Crippen LogP contribution in [0.5, 0.6) is 0 Å². The molecule has 2 aromatic carbocycles. The third-order valence-corrected chi connectivity index (χ3v) is 5.28. The molecule has 0 unspecified atom stereocenters. The molecule has 0 saturated heterocycles. The fourth-order valence-corrected chi connectivity index (χ4v) is 3.49. The van der Waals surface area contributed by atoms with E-state index in [1.54, 1.807) is 0 Å². The predicted molar refractivity (Wildman–Crippen MR) is 101 cm³/mol. The highest BCUT2D eigenvalue weighted by molar-refractivity contribution is 7.90. The van der Waals surface area contributed by atoms with Crippen LogP contribution in [0.25, 0.3) is 10.9 Å². The first-order valence-electron chi connectivity index (χ1n) is 8.12. The van der Waals surface area contributed by atoms with Gasteiger partial charge in [0.25, 0.3) is 5.69 Å². The predicted octanol–water partition coefficient (Wildman–Crippen LogP) is 3.46. The molecule has 1 N–H and O–H groups in total. The maximum absolute atomic E-state index is 11.6. The first-order chi connectivity index (χ1) is 12.4. The molecule has 0 spiro atoms. The molecule has 0 saturated carbocycles. The van der Waals surface area contributed by atoms with Crippen LogP contribution in [-0.2, 0) is 16.4 Å². The topological polar surface area (TPSA) is 94.2 Å². The van der Waals surface area contributed by atoms with E-state index in [9.17, 15) is 18.5 Å². The number of rotatable bonds is 7. The van der Waals surface area contributed by atoms with Crippen molar-refractivity contribution in [2.24, 2.45) is 0 Å². The first-order valence-corrected chi connectivity index (χ1v) is 10.0. The molecule has 0 radical (unpaired) electrons. The lowest BCUT2D eigenvalue weighted by molar-refractivity contribution is -0.384. The van der Waals surface area contributed by atoms with Gasteiger partial charge < -0.3 is 9.88 Å². The van der Waals surface area contributed by atoms with Crippen molar-refractivity contribution in [3.05, 3.63) is 64.8 Å². The van der Waals surface area contributed by atoms with Crippen LogP contribution in [0.1, 0.15) is 6.42 Å². The highest BCUT2D eigenvalue weighted by atomic mass is 32.2. The highest BCUT2D eigenvalue weighted by Gasteiger charge is 2.18. The van der Waals surface area contributed by atoms with Gasteiger partial charge in [0, 0.05) is 37.1 Å². The minimum absolute atomic E-state index is 0.0615. The number of fused-ring (bicyclic) bond motifs is 1. The van der Waals surface area contributed by atoms with Gasteiger partial charge in [-0.1, -0.05) is 18.2 Å². The minimum Gasteiger partial charge on any atom is -0.379 e. The van der Waals surface area contributed by atoms with Gasteiger partial charge in [-0.05, 0) is 36.1 Å². The van der Waals surface area contributed by atoms with Gasteiger partial charge in [0.15, 0.2) is 9.84 Å². The number of hydrogen-bond acceptors (Lipinski definition) is 5. The maximum Gasteiger partial charge on any atom is 0.293 e. The number of hydrogen-bond donors (Lipinski definition) is 1. The summed E-state index contributed by atoms with van der Waals surface area (Å²) in [4.78, 5) is 10.6. The lowest BCUT2D eigenvalue weighted by Gasteiger charge is -2.09. The summed E-state index contributed by atoms with van der Waals surface area (Å²) in [6.07, 6.45) is 3.82. The Bertz CT molecular complexity index is 1060. The number of nitrogens with one attached hydrogen (secondary N) is 1. The highest BCUT2D eigenvalue weighted by Crippen LogP contribution is 2.27. The van der Waals surface area contributed by atoms with Gasteiger partial charge in [0.1, 0.15) is 5.69 Å². The van der Waals surface area contributed by atoms with E-state index < -0.39 is 14.8 Å². The Labute approximate surface area is 151 Å². The van der Waals surface area contributed by atoms with E-state index in [2.05, 4.69) is 28.1 Å². The number of nitrogens with zero attached hydrogens (tertiary/aromatic N) is 2. The van der Waals surface area contributed by atoms with E-state index in [4.69, 9.17) is 0 Å². The molecule has 136 valence electrons. The molecule has 3 rings (SSSR count). The van der Waals surface area contributed by atoms with E-state index in [1.807, 2.05) is 18.3 Å². The molecule has 7 nitrogen and oxygen atoms in total. The molecule has 1 aromatic heterocycles. The zero-order valence-electron chi connectivity index (χ0n) is 14.3. The number of sulfone groups is 1. The Morgan fingerprint density at radius 1 is 1.15 bits per heavy atom. The lowest BCUT2D eigenvalue weighted by Crippen LogP contribution is -2.08. The Hall–Kier alpha value is -2.87. The number of nitro benzene ring substituents is 1. The molecule has 0 amide bonds. The van der Waals surface area contributed by atoms with Gasteiger partial charge in [-0.3, -0.25) is 10.1 Å². The first kappa shape index (κ1) is 17.9. The average Bonchev–Trinajstić information content (AvgIpc) is 3.01. The van der Waals surface area contributed by atoms with E-state index in [0.717, 1.165) is 30.8 Å². The summed E-state index contributed by atoms with van der Waals surface area (Å²) >= 11 is 0. The molecular formula is C18H19N3O4S. The van der Waals surface area contributed by atoms with E-state index in [1.165, 1.54) is 17.5 Å². The lowest BCUT2D eigenvalue weighted by atomic mass is 10.2. The van der Waals surface area contributed by atoms with Crippen LogP contribution in [0.2, 0.25) is 0 Å². The van der Waals surface area contributed by atoms with E-state index in [-0.39, 0.29) is 10.6 Å². The molecule has 3 aromatic rings. The molecule has 0 bridgehead atoms. The molecule has 1 heterocycles. The molecular weight excluding hydrogens is 354 g/mol. The molecule has 0 atom stereocenters. The fourth-order valence-electron chi connectivity index (χ4n) is 2.85. The van der Waals surface area contributed by atoms with Crippen molar-refractivity contribution in [3.63, 3.8) is 0 Å². The van der Waals surface area contributed by atoms with Gasteiger partial charge in [0.05, 0.1) is 9.82 Å². The van der Waals surface area contributed by atoms with Crippen molar-refractivity contribution in [3.8, 4) is 0 Å². The third-order valence-electron chi connectivity index (χ3n) is 4.17. The SMILES string of the molecule is CS(=O)(=O)c1ccc(NCCCn2ccc3ccccc32)c([N+](=O)[O-])c1. The summed E-state index contributed by atoms with van der Waals surface area (Å²) in [6.45, 7) is 1.31. The van der Waals surface area contributed by atoms with Gasteiger partial charge in [0.2, 0.25) is 0 Å². The molecule has 0 fully saturated rings. The van der Waals surface area contributed by atoms with Gasteiger partial charge >= 0.3 is 0 Å². The summed E-state index contributed by atoms with van der Waals surface area (Å²) in [5.74, 6) is 0. The number of nitro groups is 1. The average molecular weight is 373 g/mol. The van der Waals surface area contributed by atoms with Crippen LogP contribution in [0.3, 0.4) is 0 Å². The summed E-state index contributed by atoms with van der Waals surface area (Å²) in [6, 6.07) is 14.1. The zero-order valence-corrected chi connectivity index (χ0v) is 15.1. The van der Waals surface area contributed by atoms with Crippen molar-refractivity contribution >= 4 is 32.1 Å². The quantitative estimate of drug-likeness (QED) is 0.389. The smallest absolute Gasteiger partial charge is 0.293 e. The normalized spacial score (nSPS) is 11.6. The molecule has 0 aliphatic heterocycles. The largest absolute Gasteiger partial charge is 0.379 e. The fraction of sp³-hybridized carbons (Fsp3) is 0.222. The standard InChI is InChI=1S/C18H19N3O4S/c1-26(24,25)15-7-8-16(18(13-15)21(22)23)19-10-4-11-20-12-9-14-5-2-3-6-17(14)20/h2-3,5-9,12-13,19H,4,10-11H2,1H3. The summed E-state index contributed by atoms with van der Waals surface area (Å²) in [5, 5.41) is 15.4. The van der Waals surface area contributed by atoms with Crippen molar-refractivity contribution in [1.29, 1.82) is 0 Å². The van der Waals surface area contributed by atoms with Crippen LogP contribution in [-0.4, -0.2) is 30.7 Å². The van der Waals surface area contributed by atoms with E-state index >= 15 is 0 Å². The maximum atomic E-state index is 11.6. The molecule has 26 heavy (non-hydrogen) atoms. The van der Waals surface area contributed by atoms with Crippen molar-refractivity contribution in [2.45, 2.75) is 17.9 Å². The third kappa shape index (κ3) is 3.85. The summed E-state index contributed by atoms with van der Waals surface area (Å²) in [7, 11) is -3.49. The monoisotopic (exact) mass is 373 g/mol. The van der Waals surface area contributed by atoms with Crippen LogP contribution < -0.4 is 5.32 Å². The van der Waals surface area contributed by atoms with Crippen LogP contribution >= 0.6 is 0 Å². The zero-order chi connectivity index (χ0) is 18.7. The second-order valence-electron chi connectivity index (χ2n) is 6.06. The second kappa shape index (κ2) is 7.17. The number of benzene rings is 2. The number of anilines is 1. The van der Waals surface area contributed by atoms with Crippen LogP contribution in [0, 0.1) is 10.1 Å². The minimum atomic E-state index is -3.49. The van der Waals surface area contributed by atoms with Gasteiger partial charge in [-0.15, -0.1) is 0 Å². The van der Waals surface area contributed by atoms with Crippen LogP contribution in [0.4, 0.5) is 11.4 Å². The Morgan fingerprint density at radius 3 is 2.65 bits per heavy atom. The Morgan fingerprint density at radius 2 is 1.92 bits per heavy atom. The number of para-hydroxylation sites is 1. The molecule has 0 aliphatic rings. The van der Waals surface area contributed by atoms with Crippen molar-refractivity contribution in [1.82, 2.24) is 4.57 Å². The Balaban J connectivity index is 1.67. The van der Waals surface area contributed by atoms with E-state index in [0.29, 0.717) is 12.2 Å². The van der Waals surface area contributed by atoms with Crippen molar-refractivity contribution in [2.75, 3.05) is 18.1 Å². The summed E-state index contributed by atoms with van der Waals surface area (Å²) in [5.41, 5.74) is 1.23. The molecule has 0 aliphatic carbocycles. The Kier molecular flexibility index (Phi) is 4.94. The number of aryl methyl sites for hydroxylation is 1. The van der Waals surface area contributed by atoms with Gasteiger partial charge in [-0.2, -0.15) is 0 Å². The summed E-state index contributed by atoms with van der Waals surface area (Å²) < 4.78 is 25.3. The molecule has 8 heteroatoms.